The predicted molar refractivity (Wildman–Crippen MR) is 71.7 cm³/mol. The third-order valence-corrected chi connectivity index (χ3v) is 4.40. The van der Waals surface area contributed by atoms with E-state index in [2.05, 4.69) is 27.7 Å². The molecular weight excluding hydrogens is 206 g/mol. The number of hydrogen-bond donors (Lipinski definition) is 0. The molecule has 0 bridgehead atoms. The summed E-state index contributed by atoms with van der Waals surface area (Å²) in [7, 11) is 0. The van der Waals surface area contributed by atoms with Crippen LogP contribution >= 0.6 is 0 Å². The summed E-state index contributed by atoms with van der Waals surface area (Å²) in [4.78, 5) is 4.99. The van der Waals surface area contributed by atoms with Crippen molar-refractivity contribution < 1.29 is 0 Å². The van der Waals surface area contributed by atoms with Crippen molar-refractivity contribution in [2.75, 3.05) is 0 Å². The summed E-state index contributed by atoms with van der Waals surface area (Å²) < 4.78 is 0. The van der Waals surface area contributed by atoms with Gasteiger partial charge in [-0.2, -0.15) is 0 Å². The monoisotopic (exact) mass is 229 g/mol. The van der Waals surface area contributed by atoms with E-state index < -0.39 is 0 Å². The molecule has 0 fully saturated rings. The van der Waals surface area contributed by atoms with Crippen LogP contribution in [0.25, 0.3) is 0 Å². The molecule has 1 aromatic heterocycles. The summed E-state index contributed by atoms with van der Waals surface area (Å²) in [5.41, 5.74) is 7.99. The zero-order valence-electron chi connectivity index (χ0n) is 11.6. The van der Waals surface area contributed by atoms with Gasteiger partial charge in [-0.05, 0) is 60.1 Å². The van der Waals surface area contributed by atoms with Crippen LogP contribution in [0.4, 0.5) is 0 Å². The maximum atomic E-state index is 4.99. The highest BCUT2D eigenvalue weighted by atomic mass is 14.8. The highest BCUT2D eigenvalue weighted by molar-refractivity contribution is 5.49. The summed E-state index contributed by atoms with van der Waals surface area (Å²) in [6.45, 7) is 9.44. The van der Waals surface area contributed by atoms with Crippen LogP contribution in [0.1, 0.15) is 74.5 Å². The molecule has 0 aromatic carbocycles. The van der Waals surface area contributed by atoms with Crippen molar-refractivity contribution in [3.05, 3.63) is 28.1 Å². The fourth-order valence-electron chi connectivity index (χ4n) is 3.71. The summed E-state index contributed by atoms with van der Waals surface area (Å²) in [6.07, 6.45) is 6.33. The van der Waals surface area contributed by atoms with Gasteiger partial charge in [0.15, 0.2) is 0 Å². The lowest BCUT2D eigenvalue weighted by molar-refractivity contribution is 0.575. The van der Waals surface area contributed by atoms with Gasteiger partial charge in [0, 0.05) is 11.4 Å². The summed E-state index contributed by atoms with van der Waals surface area (Å²) >= 11 is 0. The van der Waals surface area contributed by atoms with Gasteiger partial charge in [-0.1, -0.05) is 27.7 Å². The molecule has 0 N–H and O–H groups in total. The molecule has 0 spiro atoms. The molecule has 2 aliphatic rings. The maximum Gasteiger partial charge on any atom is 0.0470 e. The van der Waals surface area contributed by atoms with E-state index in [1.54, 1.807) is 16.7 Å². The van der Waals surface area contributed by atoms with Crippen molar-refractivity contribution in [1.29, 1.82) is 0 Å². The standard InChI is InChI=1S/C16H23N/c1-10-8-9-12-14(16(2,3)4)11-6-5-7-13(11)17-15(10)12/h10H,5-9H2,1-4H3. The minimum atomic E-state index is 0.283. The number of nitrogens with zero attached hydrogens (tertiary/aromatic N) is 1. The van der Waals surface area contributed by atoms with E-state index >= 15 is 0 Å². The molecular formula is C16H23N. The fraction of sp³-hybridized carbons (Fsp3) is 0.688. The van der Waals surface area contributed by atoms with Crippen LogP contribution in [0.15, 0.2) is 0 Å². The van der Waals surface area contributed by atoms with E-state index in [9.17, 15) is 0 Å². The lowest BCUT2D eigenvalue weighted by Gasteiger charge is -2.26. The van der Waals surface area contributed by atoms with Crippen LogP contribution in [-0.4, -0.2) is 4.98 Å². The summed E-state index contributed by atoms with van der Waals surface area (Å²) in [5.74, 6) is 0.678. The molecule has 1 heterocycles. The molecule has 0 saturated carbocycles. The smallest absolute Gasteiger partial charge is 0.0470 e. The van der Waals surface area contributed by atoms with Crippen molar-refractivity contribution >= 4 is 0 Å². The van der Waals surface area contributed by atoms with E-state index in [0.717, 1.165) is 0 Å². The molecule has 1 nitrogen and oxygen atoms in total. The van der Waals surface area contributed by atoms with Gasteiger partial charge in [-0.15, -0.1) is 0 Å². The second-order valence-corrected chi connectivity index (χ2v) is 6.82. The minimum absolute atomic E-state index is 0.283. The summed E-state index contributed by atoms with van der Waals surface area (Å²) in [6, 6.07) is 0. The molecule has 2 aliphatic carbocycles. The number of hydrogen-bond acceptors (Lipinski definition) is 1. The van der Waals surface area contributed by atoms with Crippen molar-refractivity contribution in [2.24, 2.45) is 0 Å². The Hall–Kier alpha value is -0.850. The Morgan fingerprint density at radius 1 is 1.06 bits per heavy atom. The van der Waals surface area contributed by atoms with Crippen LogP contribution < -0.4 is 0 Å². The topological polar surface area (TPSA) is 12.9 Å². The SMILES string of the molecule is CC1CCc2c1nc1c(c2C(C)(C)C)CCC1. The molecule has 1 unspecified atom stereocenters. The van der Waals surface area contributed by atoms with Gasteiger partial charge in [0.2, 0.25) is 0 Å². The second kappa shape index (κ2) is 3.57. The molecule has 92 valence electrons. The predicted octanol–water partition coefficient (Wildman–Crippen LogP) is 3.92. The van der Waals surface area contributed by atoms with Gasteiger partial charge in [0.05, 0.1) is 0 Å². The largest absolute Gasteiger partial charge is 0.257 e. The Morgan fingerprint density at radius 3 is 2.53 bits per heavy atom. The normalized spacial score (nSPS) is 22.7. The van der Waals surface area contributed by atoms with Crippen LogP contribution in [0.2, 0.25) is 0 Å². The van der Waals surface area contributed by atoms with Crippen molar-refractivity contribution in [1.82, 2.24) is 4.98 Å². The number of aryl methyl sites for hydroxylation is 1. The van der Waals surface area contributed by atoms with E-state index in [-0.39, 0.29) is 5.41 Å². The molecule has 0 saturated heterocycles. The Kier molecular flexibility index (Phi) is 2.36. The third kappa shape index (κ3) is 1.63. The van der Waals surface area contributed by atoms with Crippen molar-refractivity contribution in [3.63, 3.8) is 0 Å². The zero-order valence-corrected chi connectivity index (χ0v) is 11.6. The van der Waals surface area contributed by atoms with Crippen LogP contribution in [0.5, 0.6) is 0 Å². The first-order valence-corrected chi connectivity index (χ1v) is 7.03. The molecule has 1 aromatic rings. The molecule has 17 heavy (non-hydrogen) atoms. The first-order valence-electron chi connectivity index (χ1n) is 7.03. The van der Waals surface area contributed by atoms with Crippen molar-refractivity contribution in [3.8, 4) is 0 Å². The van der Waals surface area contributed by atoms with Gasteiger partial charge in [-0.3, -0.25) is 4.98 Å². The number of pyridine rings is 1. The van der Waals surface area contributed by atoms with E-state index in [0.29, 0.717) is 5.92 Å². The van der Waals surface area contributed by atoms with Gasteiger partial charge < -0.3 is 0 Å². The van der Waals surface area contributed by atoms with E-state index in [1.807, 2.05) is 0 Å². The maximum absolute atomic E-state index is 4.99. The highest BCUT2D eigenvalue weighted by Gasteiger charge is 2.33. The molecule has 0 radical (unpaired) electrons. The van der Waals surface area contributed by atoms with Gasteiger partial charge in [-0.25, -0.2) is 0 Å². The highest BCUT2D eigenvalue weighted by Crippen LogP contribution is 2.42. The first-order chi connectivity index (χ1) is 7.98. The van der Waals surface area contributed by atoms with E-state index in [4.69, 9.17) is 4.98 Å². The Bertz CT molecular complexity index is 465. The Balaban J connectivity index is 2.28. The molecule has 3 rings (SSSR count). The van der Waals surface area contributed by atoms with Gasteiger partial charge in [0.25, 0.3) is 0 Å². The second-order valence-electron chi connectivity index (χ2n) is 6.82. The van der Waals surface area contributed by atoms with Crippen molar-refractivity contribution in [2.45, 2.75) is 71.1 Å². The van der Waals surface area contributed by atoms with E-state index in [1.165, 1.54) is 43.5 Å². The number of fused-ring (bicyclic) bond motifs is 2. The lowest BCUT2D eigenvalue weighted by atomic mass is 9.80. The van der Waals surface area contributed by atoms with Crippen LogP contribution in [-0.2, 0) is 24.7 Å². The van der Waals surface area contributed by atoms with Crippen LogP contribution in [0.3, 0.4) is 0 Å². The first kappa shape index (κ1) is 11.3. The van der Waals surface area contributed by atoms with Crippen LogP contribution in [0, 0.1) is 0 Å². The average molecular weight is 229 g/mol. The third-order valence-electron chi connectivity index (χ3n) is 4.40. The molecule has 0 amide bonds. The summed E-state index contributed by atoms with van der Waals surface area (Å²) in [5, 5.41) is 0. The Labute approximate surface area is 105 Å². The fourth-order valence-corrected chi connectivity index (χ4v) is 3.71. The molecule has 0 aliphatic heterocycles. The zero-order chi connectivity index (χ0) is 12.2. The number of aromatic nitrogens is 1. The Morgan fingerprint density at radius 2 is 1.82 bits per heavy atom. The van der Waals surface area contributed by atoms with Gasteiger partial charge in [0.1, 0.15) is 0 Å². The minimum Gasteiger partial charge on any atom is -0.257 e. The number of rotatable bonds is 0. The lowest BCUT2D eigenvalue weighted by Crippen LogP contribution is -2.18. The molecule has 1 atom stereocenters. The average Bonchev–Trinajstić information content (AvgIpc) is 2.81. The van der Waals surface area contributed by atoms with Gasteiger partial charge >= 0.3 is 0 Å². The molecule has 1 heteroatoms. The quantitative estimate of drug-likeness (QED) is 0.657.